The summed E-state index contributed by atoms with van der Waals surface area (Å²) in [6, 6.07) is 39.9. The lowest BCUT2D eigenvalue weighted by atomic mass is 10.1. The number of halogens is 1. The maximum absolute atomic E-state index is 12.5. The highest BCUT2D eigenvalue weighted by Gasteiger charge is 2.45. The van der Waals surface area contributed by atoms with Crippen LogP contribution in [0.15, 0.2) is 124 Å². The molecule has 4 heteroatoms. The van der Waals surface area contributed by atoms with E-state index in [1.807, 2.05) is 12.1 Å². The first-order chi connectivity index (χ1) is 15.7. The van der Waals surface area contributed by atoms with Gasteiger partial charge in [-0.15, -0.1) is 0 Å². The van der Waals surface area contributed by atoms with E-state index < -0.39 is 7.26 Å². The average Bonchev–Trinajstić information content (AvgIpc) is 2.84. The van der Waals surface area contributed by atoms with Crippen molar-refractivity contribution in [1.29, 1.82) is 0 Å². The van der Waals surface area contributed by atoms with Crippen LogP contribution in [0, 0.1) is 6.92 Å². The molecule has 0 radical (unpaired) electrons. The molecule has 2 nitrogen and oxygen atoms in total. The van der Waals surface area contributed by atoms with Crippen molar-refractivity contribution in [2.24, 2.45) is 0 Å². The Labute approximate surface area is 200 Å². The molecule has 0 saturated carbocycles. The maximum Gasteiger partial charge on any atom is 0.336 e. The molecule has 0 fully saturated rings. The minimum absolute atomic E-state index is 0. The molecule has 0 aliphatic heterocycles. The summed E-state index contributed by atoms with van der Waals surface area (Å²) in [5, 5.41) is 4.90. The molecule has 0 bridgehead atoms. The van der Waals surface area contributed by atoms with Crippen molar-refractivity contribution in [2.75, 3.05) is 0 Å². The lowest BCUT2D eigenvalue weighted by Crippen LogP contribution is -3.00. The van der Waals surface area contributed by atoms with Crippen molar-refractivity contribution < 1.29 is 16.8 Å². The van der Waals surface area contributed by atoms with E-state index in [9.17, 15) is 4.79 Å². The van der Waals surface area contributed by atoms with Crippen molar-refractivity contribution >= 4 is 34.1 Å². The van der Waals surface area contributed by atoms with Gasteiger partial charge in [0.15, 0.2) is 0 Å². The molecular formula is C29H24ClO2P. The van der Waals surface area contributed by atoms with E-state index in [4.69, 9.17) is 4.42 Å². The number of aryl methyl sites for hydroxylation is 1. The summed E-state index contributed by atoms with van der Waals surface area (Å²) in [5.74, 6) is 0. The van der Waals surface area contributed by atoms with Gasteiger partial charge in [0.2, 0.25) is 0 Å². The van der Waals surface area contributed by atoms with Crippen LogP contribution in [0.25, 0.3) is 11.0 Å². The molecule has 164 valence electrons. The molecule has 0 unspecified atom stereocenters. The van der Waals surface area contributed by atoms with Gasteiger partial charge in [-0.1, -0.05) is 66.2 Å². The molecule has 4 aromatic carbocycles. The van der Waals surface area contributed by atoms with Crippen LogP contribution >= 0.6 is 7.26 Å². The number of benzene rings is 4. The average molecular weight is 471 g/mol. The smallest absolute Gasteiger partial charge is 0.336 e. The number of fused-ring (bicyclic) bond motifs is 1. The number of hydrogen-bond acceptors (Lipinski definition) is 2. The highest BCUT2D eigenvalue weighted by atomic mass is 35.5. The van der Waals surface area contributed by atoms with Crippen molar-refractivity contribution in [3.05, 3.63) is 137 Å². The van der Waals surface area contributed by atoms with Crippen molar-refractivity contribution in [3.63, 3.8) is 0 Å². The summed E-state index contributed by atoms with van der Waals surface area (Å²) in [6.07, 6.45) is 0.747. The Kier molecular flexibility index (Phi) is 6.79. The van der Waals surface area contributed by atoms with Crippen LogP contribution in [0.2, 0.25) is 0 Å². The second-order valence-corrected chi connectivity index (χ2v) is 11.5. The molecule has 5 aromatic rings. The maximum atomic E-state index is 12.5. The summed E-state index contributed by atoms with van der Waals surface area (Å²) in [6.45, 7) is 2.07. The molecule has 0 spiro atoms. The van der Waals surface area contributed by atoms with E-state index in [0.29, 0.717) is 5.58 Å². The van der Waals surface area contributed by atoms with Gasteiger partial charge in [0, 0.05) is 17.0 Å². The first kappa shape index (κ1) is 23.0. The SMILES string of the molecule is Cc1ccc2oc(=O)cc(C[P+](c3ccccc3)(c3ccccc3)c3ccccc3)c2c1.[Cl-]. The third-order valence-electron chi connectivity index (χ3n) is 5.98. The lowest BCUT2D eigenvalue weighted by molar-refractivity contribution is -0.00000683. The molecule has 33 heavy (non-hydrogen) atoms. The zero-order chi connectivity index (χ0) is 22.0. The summed E-state index contributed by atoms with van der Waals surface area (Å²) in [7, 11) is -2.10. The summed E-state index contributed by atoms with van der Waals surface area (Å²) in [4.78, 5) is 12.5. The van der Waals surface area contributed by atoms with Gasteiger partial charge in [0.05, 0.1) is 6.16 Å². The fraction of sp³-hybridized carbons (Fsp3) is 0.0690. The molecule has 1 heterocycles. The molecule has 0 aliphatic carbocycles. The predicted molar refractivity (Wildman–Crippen MR) is 136 cm³/mol. The van der Waals surface area contributed by atoms with E-state index in [-0.39, 0.29) is 18.0 Å². The van der Waals surface area contributed by atoms with E-state index in [2.05, 4.69) is 104 Å². The molecule has 0 amide bonds. The predicted octanol–water partition coefficient (Wildman–Crippen LogP) is 2.60. The minimum atomic E-state index is -2.10. The van der Waals surface area contributed by atoms with E-state index in [1.54, 1.807) is 6.07 Å². The normalized spacial score (nSPS) is 11.2. The van der Waals surface area contributed by atoms with Crippen LogP contribution < -0.4 is 33.9 Å². The van der Waals surface area contributed by atoms with E-state index in [0.717, 1.165) is 22.7 Å². The minimum Gasteiger partial charge on any atom is -1.00 e. The largest absolute Gasteiger partial charge is 1.00 e. The quantitative estimate of drug-likeness (QED) is 0.292. The number of rotatable bonds is 5. The Balaban J connectivity index is 0.00000259. The molecule has 1 aromatic heterocycles. The van der Waals surface area contributed by atoms with Crippen LogP contribution in [-0.2, 0) is 6.16 Å². The lowest BCUT2D eigenvalue weighted by Gasteiger charge is -2.28. The van der Waals surface area contributed by atoms with Gasteiger partial charge in [-0.05, 0) is 55.5 Å². The van der Waals surface area contributed by atoms with E-state index >= 15 is 0 Å². The monoisotopic (exact) mass is 470 g/mol. The Morgan fingerprint density at radius 2 is 1.15 bits per heavy atom. The van der Waals surface area contributed by atoms with Crippen LogP contribution in [0.5, 0.6) is 0 Å². The molecule has 0 atom stereocenters. The molecular weight excluding hydrogens is 447 g/mol. The second kappa shape index (κ2) is 9.75. The van der Waals surface area contributed by atoms with Gasteiger partial charge >= 0.3 is 5.63 Å². The fourth-order valence-electron chi connectivity index (χ4n) is 4.50. The molecule has 5 rings (SSSR count). The summed E-state index contributed by atoms with van der Waals surface area (Å²) >= 11 is 0. The molecule has 0 N–H and O–H groups in total. The Morgan fingerprint density at radius 3 is 1.64 bits per heavy atom. The van der Waals surface area contributed by atoms with Gasteiger partial charge in [-0.25, -0.2) is 4.79 Å². The van der Waals surface area contributed by atoms with Crippen molar-refractivity contribution in [3.8, 4) is 0 Å². The number of hydrogen-bond donors (Lipinski definition) is 0. The summed E-state index contributed by atoms with van der Waals surface area (Å²) < 4.78 is 5.55. The van der Waals surface area contributed by atoms with Crippen LogP contribution in [0.4, 0.5) is 0 Å². The summed E-state index contributed by atoms with van der Waals surface area (Å²) in [5.41, 5.74) is 2.52. The first-order valence-electron chi connectivity index (χ1n) is 10.8. The standard InChI is InChI=1S/C29H24O2P.ClH/c1-22-17-18-28-27(19-22)23(20-29(30)31-28)21-32(24-11-5-2-6-12-24,25-13-7-3-8-14-25)26-15-9-4-10-16-26;/h2-20H,21H2,1H3;1H/q+1;/p-1. The van der Waals surface area contributed by atoms with Gasteiger partial charge in [0.1, 0.15) is 28.8 Å². The van der Waals surface area contributed by atoms with Crippen molar-refractivity contribution in [2.45, 2.75) is 13.1 Å². The Bertz CT molecular complexity index is 1320. The molecule has 0 aliphatic rings. The van der Waals surface area contributed by atoms with Crippen LogP contribution in [0.1, 0.15) is 11.1 Å². The van der Waals surface area contributed by atoms with Crippen LogP contribution in [-0.4, -0.2) is 0 Å². The topological polar surface area (TPSA) is 30.2 Å². The second-order valence-electron chi connectivity index (χ2n) is 8.06. The third kappa shape index (κ3) is 4.37. The highest BCUT2D eigenvalue weighted by Crippen LogP contribution is 2.58. The van der Waals surface area contributed by atoms with Gasteiger partial charge in [-0.2, -0.15) is 0 Å². The van der Waals surface area contributed by atoms with Gasteiger partial charge in [0.25, 0.3) is 0 Å². The van der Waals surface area contributed by atoms with Gasteiger partial charge < -0.3 is 16.8 Å². The van der Waals surface area contributed by atoms with Gasteiger partial charge in [-0.3, -0.25) is 0 Å². The molecule has 0 saturated heterocycles. The Hall–Kier alpha value is -3.19. The highest BCUT2D eigenvalue weighted by molar-refractivity contribution is 7.95. The third-order valence-corrected chi connectivity index (χ3v) is 10.3. The zero-order valence-electron chi connectivity index (χ0n) is 18.3. The fourth-order valence-corrected chi connectivity index (χ4v) is 8.75. The first-order valence-corrected chi connectivity index (χ1v) is 12.7. The zero-order valence-corrected chi connectivity index (χ0v) is 20.0. The van der Waals surface area contributed by atoms with Crippen molar-refractivity contribution in [1.82, 2.24) is 0 Å². The van der Waals surface area contributed by atoms with E-state index in [1.165, 1.54) is 15.9 Å². The Morgan fingerprint density at radius 1 is 0.667 bits per heavy atom. The van der Waals surface area contributed by atoms with Crippen LogP contribution in [0.3, 0.4) is 0 Å².